The van der Waals surface area contributed by atoms with Gasteiger partial charge in [0.05, 0.1) is 12.6 Å². The van der Waals surface area contributed by atoms with Crippen LogP contribution in [0.15, 0.2) is 28.7 Å². The second kappa shape index (κ2) is 3.75. The van der Waals surface area contributed by atoms with Crippen molar-refractivity contribution in [1.82, 2.24) is 4.98 Å². The average Bonchev–Trinajstić information content (AvgIpc) is 2.19. The number of pyridine rings is 1. The van der Waals surface area contributed by atoms with Crippen LogP contribution in [0.2, 0.25) is 5.15 Å². The number of rotatable bonds is 1. The van der Waals surface area contributed by atoms with Gasteiger partial charge in [-0.1, -0.05) is 11.6 Å². The third-order valence-electron chi connectivity index (χ3n) is 1.92. The molecule has 0 atom stereocenters. The molecule has 1 heterocycles. The van der Waals surface area contributed by atoms with Crippen LogP contribution < -0.4 is 4.74 Å². The van der Waals surface area contributed by atoms with Gasteiger partial charge in [0.2, 0.25) is 0 Å². The van der Waals surface area contributed by atoms with Crippen molar-refractivity contribution in [1.29, 1.82) is 0 Å². The van der Waals surface area contributed by atoms with Crippen molar-refractivity contribution in [2.75, 3.05) is 7.11 Å². The van der Waals surface area contributed by atoms with E-state index >= 15 is 0 Å². The number of fused-ring (bicyclic) bond motifs is 1. The molecule has 0 spiro atoms. The minimum absolute atomic E-state index is 0.489. The molecule has 0 aliphatic carbocycles. The van der Waals surface area contributed by atoms with Gasteiger partial charge < -0.3 is 4.74 Å². The molecule has 2 nitrogen and oxygen atoms in total. The van der Waals surface area contributed by atoms with Gasteiger partial charge in [-0.05, 0) is 40.2 Å². The fraction of sp³-hybridized carbons (Fsp3) is 0.100. The smallest absolute Gasteiger partial charge is 0.129 e. The summed E-state index contributed by atoms with van der Waals surface area (Å²) < 4.78 is 6.03. The highest BCUT2D eigenvalue weighted by Gasteiger charge is 2.04. The van der Waals surface area contributed by atoms with Crippen LogP contribution in [0, 0.1) is 0 Å². The summed E-state index contributed by atoms with van der Waals surface area (Å²) in [5.74, 6) is 0.800. The van der Waals surface area contributed by atoms with E-state index in [0.29, 0.717) is 5.15 Å². The fourth-order valence-electron chi connectivity index (χ4n) is 1.26. The first-order chi connectivity index (χ1) is 6.70. The summed E-state index contributed by atoms with van der Waals surface area (Å²) in [5, 5.41) is 1.49. The number of halogens is 2. The topological polar surface area (TPSA) is 22.1 Å². The van der Waals surface area contributed by atoms with Crippen LogP contribution in [0.1, 0.15) is 0 Å². The van der Waals surface area contributed by atoms with Gasteiger partial charge in [-0.25, -0.2) is 4.98 Å². The summed E-state index contributed by atoms with van der Waals surface area (Å²) in [6.45, 7) is 0. The molecule has 0 radical (unpaired) electrons. The third kappa shape index (κ3) is 1.70. The second-order valence-electron chi connectivity index (χ2n) is 2.81. The molecule has 1 aromatic carbocycles. The zero-order valence-corrected chi connectivity index (χ0v) is 9.76. The maximum absolute atomic E-state index is 5.80. The van der Waals surface area contributed by atoms with Gasteiger partial charge in [0, 0.05) is 9.86 Å². The Balaban J connectivity index is 2.76. The van der Waals surface area contributed by atoms with Gasteiger partial charge in [-0.3, -0.25) is 0 Å². The van der Waals surface area contributed by atoms with E-state index in [0.717, 1.165) is 21.1 Å². The summed E-state index contributed by atoms with van der Waals surface area (Å²) in [5.41, 5.74) is 0.846. The number of hydrogen-bond acceptors (Lipinski definition) is 2. The molecule has 0 N–H and O–H groups in total. The van der Waals surface area contributed by atoms with Gasteiger partial charge in [-0.15, -0.1) is 0 Å². The van der Waals surface area contributed by atoms with E-state index in [9.17, 15) is 0 Å². The molecular formula is C10H7BrClNO. The van der Waals surface area contributed by atoms with Gasteiger partial charge in [0.15, 0.2) is 0 Å². The van der Waals surface area contributed by atoms with Crippen LogP contribution in [0.25, 0.3) is 10.9 Å². The fourth-order valence-corrected chi connectivity index (χ4v) is 1.95. The Morgan fingerprint density at radius 1 is 1.36 bits per heavy atom. The Kier molecular flexibility index (Phi) is 2.61. The standard InChI is InChI=1S/C10H7BrClNO/c1-14-7-4-6-2-3-9(12)13-10(6)8(11)5-7/h2-5H,1H3. The molecule has 0 aliphatic rings. The van der Waals surface area contributed by atoms with Crippen molar-refractivity contribution in [3.8, 4) is 5.75 Å². The van der Waals surface area contributed by atoms with E-state index in [1.807, 2.05) is 18.2 Å². The average molecular weight is 273 g/mol. The van der Waals surface area contributed by atoms with Crippen LogP contribution in [-0.4, -0.2) is 12.1 Å². The van der Waals surface area contributed by atoms with Crippen LogP contribution in [0.5, 0.6) is 5.75 Å². The van der Waals surface area contributed by atoms with Crippen molar-refractivity contribution in [2.24, 2.45) is 0 Å². The maximum atomic E-state index is 5.80. The van der Waals surface area contributed by atoms with E-state index in [1.165, 1.54) is 0 Å². The first kappa shape index (κ1) is 9.74. The van der Waals surface area contributed by atoms with E-state index in [-0.39, 0.29) is 0 Å². The first-order valence-corrected chi connectivity index (χ1v) is 5.17. The number of methoxy groups -OCH3 is 1. The molecule has 0 bridgehead atoms. The van der Waals surface area contributed by atoms with Crippen molar-refractivity contribution in [3.63, 3.8) is 0 Å². The van der Waals surface area contributed by atoms with Crippen LogP contribution in [-0.2, 0) is 0 Å². The normalized spacial score (nSPS) is 10.5. The molecule has 2 aromatic rings. The van der Waals surface area contributed by atoms with E-state index in [1.54, 1.807) is 13.2 Å². The Morgan fingerprint density at radius 3 is 2.86 bits per heavy atom. The van der Waals surface area contributed by atoms with E-state index in [2.05, 4.69) is 20.9 Å². The van der Waals surface area contributed by atoms with Gasteiger partial charge in [0.1, 0.15) is 10.9 Å². The molecule has 14 heavy (non-hydrogen) atoms. The summed E-state index contributed by atoms with van der Waals surface area (Å²) in [4.78, 5) is 4.21. The lowest BCUT2D eigenvalue weighted by Gasteiger charge is -2.04. The van der Waals surface area contributed by atoms with Gasteiger partial charge in [0.25, 0.3) is 0 Å². The number of aromatic nitrogens is 1. The van der Waals surface area contributed by atoms with Crippen molar-refractivity contribution < 1.29 is 4.74 Å². The van der Waals surface area contributed by atoms with Gasteiger partial charge in [-0.2, -0.15) is 0 Å². The molecular weight excluding hydrogens is 265 g/mol. The van der Waals surface area contributed by atoms with Crippen LogP contribution in [0.3, 0.4) is 0 Å². The van der Waals surface area contributed by atoms with Crippen LogP contribution >= 0.6 is 27.5 Å². The van der Waals surface area contributed by atoms with Crippen molar-refractivity contribution >= 4 is 38.4 Å². The molecule has 2 rings (SSSR count). The molecule has 0 aliphatic heterocycles. The third-order valence-corrected chi connectivity index (χ3v) is 2.74. The number of nitrogens with zero attached hydrogens (tertiary/aromatic N) is 1. The zero-order valence-electron chi connectivity index (χ0n) is 7.42. The molecule has 0 saturated carbocycles. The van der Waals surface area contributed by atoms with Crippen molar-refractivity contribution in [2.45, 2.75) is 0 Å². The minimum atomic E-state index is 0.489. The van der Waals surface area contributed by atoms with Gasteiger partial charge >= 0.3 is 0 Å². The highest BCUT2D eigenvalue weighted by molar-refractivity contribution is 9.10. The number of benzene rings is 1. The molecule has 0 fully saturated rings. The Hall–Kier alpha value is -0.800. The van der Waals surface area contributed by atoms with E-state index in [4.69, 9.17) is 16.3 Å². The Bertz CT molecular complexity index is 487. The van der Waals surface area contributed by atoms with Crippen molar-refractivity contribution in [3.05, 3.63) is 33.9 Å². The predicted octanol–water partition coefficient (Wildman–Crippen LogP) is 3.66. The quantitative estimate of drug-likeness (QED) is 0.739. The molecule has 0 amide bonds. The second-order valence-corrected chi connectivity index (χ2v) is 4.06. The molecule has 72 valence electrons. The lowest BCUT2D eigenvalue weighted by atomic mass is 10.2. The highest BCUT2D eigenvalue weighted by Crippen LogP contribution is 2.28. The summed E-state index contributed by atoms with van der Waals surface area (Å²) in [6, 6.07) is 7.46. The summed E-state index contributed by atoms with van der Waals surface area (Å²) in [6.07, 6.45) is 0. The number of hydrogen-bond donors (Lipinski definition) is 0. The minimum Gasteiger partial charge on any atom is -0.497 e. The molecule has 0 saturated heterocycles. The Morgan fingerprint density at radius 2 is 2.14 bits per heavy atom. The van der Waals surface area contributed by atoms with E-state index < -0.39 is 0 Å². The monoisotopic (exact) mass is 271 g/mol. The largest absolute Gasteiger partial charge is 0.497 e. The summed E-state index contributed by atoms with van der Waals surface area (Å²) in [7, 11) is 1.64. The maximum Gasteiger partial charge on any atom is 0.129 e. The molecule has 1 aromatic heterocycles. The predicted molar refractivity (Wildman–Crippen MR) is 61.0 cm³/mol. The number of ether oxygens (including phenoxy) is 1. The lowest BCUT2D eigenvalue weighted by molar-refractivity contribution is 0.415. The highest BCUT2D eigenvalue weighted by atomic mass is 79.9. The SMILES string of the molecule is COc1cc(Br)c2nc(Cl)ccc2c1. The van der Waals surface area contributed by atoms with Crippen LogP contribution in [0.4, 0.5) is 0 Å². The molecule has 4 heteroatoms. The first-order valence-electron chi connectivity index (χ1n) is 4.00. The summed E-state index contributed by atoms with van der Waals surface area (Å²) >= 11 is 9.22. The Labute approximate surface area is 95.0 Å². The lowest BCUT2D eigenvalue weighted by Crippen LogP contribution is -1.86. The zero-order chi connectivity index (χ0) is 10.1. The molecule has 0 unspecified atom stereocenters.